The molecule has 0 fully saturated rings. The molecule has 2 N–H and O–H groups in total. The van der Waals surface area contributed by atoms with Crippen molar-refractivity contribution in [3.8, 4) is 5.75 Å². The van der Waals surface area contributed by atoms with Crippen LogP contribution in [-0.4, -0.2) is 27.8 Å². The summed E-state index contributed by atoms with van der Waals surface area (Å²) >= 11 is 0. The van der Waals surface area contributed by atoms with Gasteiger partial charge in [-0.15, -0.1) is 0 Å². The molecule has 0 amide bonds. The van der Waals surface area contributed by atoms with Crippen molar-refractivity contribution in [2.24, 2.45) is 0 Å². The van der Waals surface area contributed by atoms with E-state index in [0.717, 1.165) is 6.42 Å². The summed E-state index contributed by atoms with van der Waals surface area (Å²) in [6, 6.07) is 4.54. The van der Waals surface area contributed by atoms with Crippen LogP contribution in [0.5, 0.6) is 5.75 Å². The Morgan fingerprint density at radius 2 is 1.90 bits per heavy atom. The first kappa shape index (κ1) is 17.2. The van der Waals surface area contributed by atoms with Gasteiger partial charge in [-0.05, 0) is 34.1 Å². The summed E-state index contributed by atoms with van der Waals surface area (Å²) in [7, 11) is 0. The lowest BCUT2D eigenvalue weighted by molar-refractivity contribution is -0.384. The van der Waals surface area contributed by atoms with Crippen molar-refractivity contribution in [2.75, 3.05) is 11.9 Å². The van der Waals surface area contributed by atoms with E-state index in [4.69, 9.17) is 4.74 Å². The fourth-order valence-electron chi connectivity index (χ4n) is 1.58. The molecule has 118 valence electrons. The molecule has 0 aliphatic rings. The minimum atomic E-state index is -0.998. The largest absolute Gasteiger partial charge is 0.493 e. The van der Waals surface area contributed by atoms with Crippen LogP contribution in [0.2, 0.25) is 0 Å². The number of nitrogens with one attached hydrogen (secondary N) is 1. The van der Waals surface area contributed by atoms with Crippen LogP contribution in [0.1, 0.15) is 41.0 Å². The molecule has 6 heteroatoms. The van der Waals surface area contributed by atoms with E-state index in [1.54, 1.807) is 19.9 Å². The third-order valence-corrected chi connectivity index (χ3v) is 3.56. The Morgan fingerprint density at radius 3 is 2.38 bits per heavy atom. The van der Waals surface area contributed by atoms with Crippen LogP contribution in [0, 0.1) is 10.1 Å². The summed E-state index contributed by atoms with van der Waals surface area (Å²) in [5.41, 5.74) is -1.16. The van der Waals surface area contributed by atoms with Gasteiger partial charge in [0.05, 0.1) is 28.7 Å². The van der Waals surface area contributed by atoms with Crippen molar-refractivity contribution in [2.45, 2.75) is 52.2 Å². The first-order valence-corrected chi connectivity index (χ1v) is 6.99. The molecule has 0 bridgehead atoms. The topological polar surface area (TPSA) is 84.6 Å². The second-order valence-electron chi connectivity index (χ2n) is 6.13. The molecule has 21 heavy (non-hydrogen) atoms. The van der Waals surface area contributed by atoms with Gasteiger partial charge in [-0.1, -0.05) is 6.92 Å². The lowest BCUT2D eigenvalue weighted by Crippen LogP contribution is -2.51. The number of hydrogen-bond donors (Lipinski definition) is 2. The van der Waals surface area contributed by atoms with Gasteiger partial charge in [-0.25, -0.2) is 0 Å². The molecular formula is C15H24N2O4. The zero-order valence-corrected chi connectivity index (χ0v) is 13.3. The smallest absolute Gasteiger partial charge is 0.275 e. The molecule has 0 atom stereocenters. The average Bonchev–Trinajstić information content (AvgIpc) is 2.34. The van der Waals surface area contributed by atoms with Gasteiger partial charge in [0, 0.05) is 17.8 Å². The number of anilines is 1. The molecule has 0 saturated heterocycles. The number of nitro groups is 1. The highest BCUT2D eigenvalue weighted by Gasteiger charge is 2.35. The molecule has 1 rings (SSSR count). The maximum absolute atomic E-state index is 11.0. The fraction of sp³-hybridized carbons (Fsp3) is 0.600. The molecular weight excluding hydrogens is 272 g/mol. The number of aliphatic hydroxyl groups is 1. The minimum absolute atomic E-state index is 0.0438. The van der Waals surface area contributed by atoms with Crippen molar-refractivity contribution in [3.05, 3.63) is 28.3 Å². The van der Waals surface area contributed by atoms with Gasteiger partial charge in [0.1, 0.15) is 5.75 Å². The summed E-state index contributed by atoms with van der Waals surface area (Å²) in [6.07, 6.45) is 0.820. The summed E-state index contributed by atoms with van der Waals surface area (Å²) in [4.78, 5) is 10.6. The van der Waals surface area contributed by atoms with Crippen LogP contribution in [0.25, 0.3) is 0 Å². The average molecular weight is 296 g/mol. The van der Waals surface area contributed by atoms with E-state index in [9.17, 15) is 15.2 Å². The summed E-state index contributed by atoms with van der Waals surface area (Å²) in [5.74, 6) is 0.445. The third-order valence-electron chi connectivity index (χ3n) is 3.56. The van der Waals surface area contributed by atoms with Crippen LogP contribution in [0.3, 0.4) is 0 Å². The van der Waals surface area contributed by atoms with Gasteiger partial charge in [0.2, 0.25) is 0 Å². The van der Waals surface area contributed by atoms with Crippen LogP contribution in [0.15, 0.2) is 18.2 Å². The number of nitrogens with zero attached hydrogens (tertiary/aromatic N) is 1. The number of benzene rings is 1. The molecule has 0 saturated carbocycles. The lowest BCUT2D eigenvalue weighted by atomic mass is 9.86. The molecule has 0 radical (unpaired) electrons. The van der Waals surface area contributed by atoms with E-state index in [1.807, 2.05) is 20.8 Å². The van der Waals surface area contributed by atoms with Crippen molar-refractivity contribution in [1.82, 2.24) is 0 Å². The highest BCUT2D eigenvalue weighted by molar-refractivity contribution is 5.57. The van der Waals surface area contributed by atoms with Gasteiger partial charge < -0.3 is 15.2 Å². The SMILES string of the molecule is CCCOc1cc(NC(C)(C)C(C)(C)O)cc([N+](=O)[O-])c1. The molecule has 1 aromatic rings. The Hall–Kier alpha value is -1.82. The predicted octanol–water partition coefficient (Wildman–Crippen LogP) is 3.35. The van der Waals surface area contributed by atoms with Gasteiger partial charge in [0.25, 0.3) is 5.69 Å². The third kappa shape index (κ3) is 4.60. The zero-order valence-electron chi connectivity index (χ0n) is 13.3. The van der Waals surface area contributed by atoms with Gasteiger partial charge in [-0.3, -0.25) is 10.1 Å². The molecule has 0 aliphatic heterocycles. The van der Waals surface area contributed by atoms with E-state index in [2.05, 4.69) is 5.32 Å². The Balaban J connectivity index is 3.11. The van der Waals surface area contributed by atoms with E-state index in [0.29, 0.717) is 18.0 Å². The Labute approximate surface area is 125 Å². The Bertz CT molecular complexity index is 507. The Morgan fingerprint density at radius 1 is 1.29 bits per heavy atom. The quantitative estimate of drug-likeness (QED) is 0.595. The van der Waals surface area contributed by atoms with Gasteiger partial charge in [-0.2, -0.15) is 0 Å². The number of ether oxygens (including phenoxy) is 1. The van der Waals surface area contributed by atoms with Crippen LogP contribution >= 0.6 is 0 Å². The number of non-ortho nitro benzene ring substituents is 1. The molecule has 0 aromatic heterocycles. The van der Waals surface area contributed by atoms with Gasteiger partial charge >= 0.3 is 0 Å². The molecule has 0 spiro atoms. The molecule has 0 heterocycles. The monoisotopic (exact) mass is 296 g/mol. The summed E-state index contributed by atoms with van der Waals surface area (Å²) < 4.78 is 5.48. The molecule has 1 aromatic carbocycles. The normalized spacial score (nSPS) is 12.1. The summed E-state index contributed by atoms with van der Waals surface area (Å²) in [5, 5.41) is 24.3. The lowest BCUT2D eigenvalue weighted by Gasteiger charge is -2.38. The second-order valence-corrected chi connectivity index (χ2v) is 6.13. The van der Waals surface area contributed by atoms with Crippen LogP contribution in [-0.2, 0) is 0 Å². The molecule has 0 aliphatic carbocycles. The predicted molar refractivity (Wildman–Crippen MR) is 82.9 cm³/mol. The van der Waals surface area contributed by atoms with Crippen molar-refractivity contribution in [3.63, 3.8) is 0 Å². The zero-order chi connectivity index (χ0) is 16.3. The van der Waals surface area contributed by atoms with Crippen LogP contribution < -0.4 is 10.1 Å². The highest BCUT2D eigenvalue weighted by atomic mass is 16.6. The van der Waals surface area contributed by atoms with Crippen molar-refractivity contribution in [1.29, 1.82) is 0 Å². The maximum atomic E-state index is 11.0. The van der Waals surface area contributed by atoms with Crippen molar-refractivity contribution < 1.29 is 14.8 Å². The van der Waals surface area contributed by atoms with E-state index in [-0.39, 0.29) is 5.69 Å². The standard InChI is InChI=1S/C15H24N2O4/c1-6-7-21-13-9-11(8-12(10-13)17(19)20)16-14(2,3)15(4,5)18/h8-10,16,18H,6-7H2,1-5H3. The molecule has 0 unspecified atom stereocenters. The number of rotatable bonds is 7. The number of hydrogen-bond acceptors (Lipinski definition) is 5. The first-order chi connectivity index (χ1) is 9.56. The highest BCUT2D eigenvalue weighted by Crippen LogP contribution is 2.31. The molecule has 6 nitrogen and oxygen atoms in total. The second kappa shape index (κ2) is 6.30. The van der Waals surface area contributed by atoms with E-state index in [1.165, 1.54) is 12.1 Å². The number of nitro benzene ring substituents is 1. The maximum Gasteiger partial charge on any atom is 0.275 e. The van der Waals surface area contributed by atoms with E-state index >= 15 is 0 Å². The van der Waals surface area contributed by atoms with E-state index < -0.39 is 16.1 Å². The Kier molecular flexibility index (Phi) is 5.17. The minimum Gasteiger partial charge on any atom is -0.493 e. The fourth-order valence-corrected chi connectivity index (χ4v) is 1.58. The first-order valence-electron chi connectivity index (χ1n) is 6.99. The van der Waals surface area contributed by atoms with Gasteiger partial charge in [0.15, 0.2) is 0 Å². The summed E-state index contributed by atoms with van der Waals surface area (Å²) in [6.45, 7) is 9.50. The van der Waals surface area contributed by atoms with Crippen LogP contribution in [0.4, 0.5) is 11.4 Å². The van der Waals surface area contributed by atoms with Crippen molar-refractivity contribution >= 4 is 11.4 Å².